The van der Waals surface area contributed by atoms with Crippen LogP contribution < -0.4 is 0 Å². The minimum atomic E-state index is -0.985. The lowest BCUT2D eigenvalue weighted by Gasteiger charge is -2.17. The van der Waals surface area contributed by atoms with Gasteiger partial charge in [0.25, 0.3) is 0 Å². The van der Waals surface area contributed by atoms with E-state index < -0.39 is 35.8 Å². The fourth-order valence-electron chi connectivity index (χ4n) is 3.26. The lowest BCUT2D eigenvalue weighted by atomic mass is 9.89. The first-order valence-electron chi connectivity index (χ1n) is 7.95. The van der Waals surface area contributed by atoms with Gasteiger partial charge in [-0.05, 0) is 17.7 Å². The molecule has 0 spiro atoms. The summed E-state index contributed by atoms with van der Waals surface area (Å²) in [5, 5.41) is 9.46. The van der Waals surface area contributed by atoms with Gasteiger partial charge in [0.05, 0.1) is 12.3 Å². The number of likely N-dealkylation sites (tertiary alicyclic amines) is 1. The van der Waals surface area contributed by atoms with Crippen LogP contribution in [0.1, 0.15) is 17.0 Å². The zero-order valence-corrected chi connectivity index (χ0v) is 13.4. The zero-order chi connectivity index (χ0) is 18.0. The first kappa shape index (κ1) is 17.1. The molecule has 3 rings (SSSR count). The lowest BCUT2D eigenvalue weighted by Crippen LogP contribution is -2.31. The van der Waals surface area contributed by atoms with Crippen molar-refractivity contribution in [3.63, 3.8) is 0 Å². The molecule has 0 bridgehead atoms. The van der Waals surface area contributed by atoms with Gasteiger partial charge in [-0.3, -0.25) is 9.59 Å². The molecule has 6 heteroatoms. The Bertz CT molecular complexity index is 774. The van der Waals surface area contributed by atoms with Gasteiger partial charge in [0.15, 0.2) is 0 Å². The number of carboxylic acid groups (broad SMARTS) is 1. The molecule has 0 aromatic heterocycles. The number of carbonyl (C=O) groups excluding carboxylic acids is 1. The van der Waals surface area contributed by atoms with Gasteiger partial charge in [0.1, 0.15) is 11.6 Å². The Morgan fingerprint density at radius 1 is 1.00 bits per heavy atom. The molecule has 0 radical (unpaired) electrons. The van der Waals surface area contributed by atoms with E-state index in [1.54, 1.807) is 0 Å². The number of nitrogens with zero attached hydrogens (tertiary/aromatic N) is 1. The molecule has 0 saturated carbocycles. The maximum absolute atomic E-state index is 13.7. The summed E-state index contributed by atoms with van der Waals surface area (Å²) in [6, 6.07) is 12.5. The molecular formula is C19H17F2NO3. The van der Waals surface area contributed by atoms with Crippen molar-refractivity contribution in [2.45, 2.75) is 12.3 Å². The van der Waals surface area contributed by atoms with Crippen LogP contribution in [0.4, 0.5) is 8.78 Å². The molecule has 2 atom stereocenters. The zero-order valence-electron chi connectivity index (χ0n) is 13.4. The van der Waals surface area contributed by atoms with E-state index in [1.165, 1.54) is 11.0 Å². The summed E-state index contributed by atoms with van der Waals surface area (Å²) in [4.78, 5) is 25.4. The number of carboxylic acids is 1. The van der Waals surface area contributed by atoms with E-state index in [1.807, 2.05) is 30.3 Å². The summed E-state index contributed by atoms with van der Waals surface area (Å²) in [5.74, 6) is -4.09. The van der Waals surface area contributed by atoms with Crippen LogP contribution in [0.25, 0.3) is 0 Å². The second kappa shape index (κ2) is 7.01. The van der Waals surface area contributed by atoms with Gasteiger partial charge < -0.3 is 10.0 Å². The van der Waals surface area contributed by atoms with Gasteiger partial charge in [-0.15, -0.1) is 0 Å². The molecular weight excluding hydrogens is 328 g/mol. The van der Waals surface area contributed by atoms with Crippen molar-refractivity contribution >= 4 is 11.9 Å². The summed E-state index contributed by atoms with van der Waals surface area (Å²) >= 11 is 0. The number of aliphatic carboxylic acids is 1. The first-order valence-corrected chi connectivity index (χ1v) is 7.95. The van der Waals surface area contributed by atoms with Crippen molar-refractivity contribution in [1.82, 2.24) is 4.90 Å². The monoisotopic (exact) mass is 345 g/mol. The van der Waals surface area contributed by atoms with E-state index in [0.717, 1.165) is 17.7 Å². The summed E-state index contributed by atoms with van der Waals surface area (Å²) in [5.41, 5.74) is 0.546. The summed E-state index contributed by atoms with van der Waals surface area (Å²) in [7, 11) is 0. The molecule has 2 unspecified atom stereocenters. The van der Waals surface area contributed by atoms with Crippen LogP contribution in [-0.2, 0) is 16.0 Å². The SMILES string of the molecule is O=C(O)C1CN(C(=O)Cc2c(F)cccc2F)CC1c1ccccc1. The molecule has 25 heavy (non-hydrogen) atoms. The highest BCUT2D eigenvalue weighted by Gasteiger charge is 2.40. The van der Waals surface area contributed by atoms with Crippen molar-refractivity contribution in [2.24, 2.45) is 5.92 Å². The van der Waals surface area contributed by atoms with Gasteiger partial charge in [-0.2, -0.15) is 0 Å². The van der Waals surface area contributed by atoms with Crippen LogP contribution in [0.3, 0.4) is 0 Å². The third-order valence-electron chi connectivity index (χ3n) is 4.61. The van der Waals surface area contributed by atoms with Crippen LogP contribution in [-0.4, -0.2) is 35.0 Å². The van der Waals surface area contributed by atoms with E-state index in [2.05, 4.69) is 0 Å². The molecule has 1 heterocycles. The van der Waals surface area contributed by atoms with E-state index in [-0.39, 0.29) is 24.6 Å². The Morgan fingerprint density at radius 3 is 2.24 bits per heavy atom. The Balaban J connectivity index is 1.79. The molecule has 1 aliphatic heterocycles. The molecule has 4 nitrogen and oxygen atoms in total. The Hall–Kier alpha value is -2.76. The number of benzene rings is 2. The average Bonchev–Trinajstić information content (AvgIpc) is 3.05. The number of hydrogen-bond donors (Lipinski definition) is 1. The molecule has 1 saturated heterocycles. The number of hydrogen-bond acceptors (Lipinski definition) is 2. The van der Waals surface area contributed by atoms with E-state index >= 15 is 0 Å². The summed E-state index contributed by atoms with van der Waals surface area (Å²) in [6.07, 6.45) is -0.424. The lowest BCUT2D eigenvalue weighted by molar-refractivity contribution is -0.141. The van der Waals surface area contributed by atoms with Crippen LogP contribution >= 0.6 is 0 Å². The van der Waals surface area contributed by atoms with Crippen LogP contribution in [0.15, 0.2) is 48.5 Å². The van der Waals surface area contributed by atoms with Gasteiger partial charge in [0, 0.05) is 24.6 Å². The molecule has 1 fully saturated rings. The normalized spacial score (nSPS) is 19.8. The minimum absolute atomic E-state index is 0.0315. The van der Waals surface area contributed by atoms with Gasteiger partial charge in [0.2, 0.25) is 5.91 Å². The second-order valence-electron chi connectivity index (χ2n) is 6.14. The fourth-order valence-corrected chi connectivity index (χ4v) is 3.26. The largest absolute Gasteiger partial charge is 0.481 e. The van der Waals surface area contributed by atoms with Crippen LogP contribution in [0, 0.1) is 17.6 Å². The Labute approximate surface area is 143 Å². The van der Waals surface area contributed by atoms with Gasteiger partial charge in [-0.25, -0.2) is 8.78 Å². The smallest absolute Gasteiger partial charge is 0.308 e. The highest BCUT2D eigenvalue weighted by atomic mass is 19.1. The first-order chi connectivity index (χ1) is 12.0. The molecule has 0 aliphatic carbocycles. The highest BCUT2D eigenvalue weighted by molar-refractivity contribution is 5.81. The fraction of sp³-hybridized carbons (Fsp3) is 0.263. The third-order valence-corrected chi connectivity index (χ3v) is 4.61. The molecule has 1 aliphatic rings. The third kappa shape index (κ3) is 3.52. The number of carbonyl (C=O) groups is 2. The average molecular weight is 345 g/mol. The number of amides is 1. The number of rotatable bonds is 4. The molecule has 2 aromatic carbocycles. The van der Waals surface area contributed by atoms with Crippen LogP contribution in [0.5, 0.6) is 0 Å². The topological polar surface area (TPSA) is 57.6 Å². The van der Waals surface area contributed by atoms with E-state index in [0.29, 0.717) is 0 Å². The predicted molar refractivity (Wildman–Crippen MR) is 87.0 cm³/mol. The standard InChI is InChI=1S/C19H17F2NO3/c20-16-7-4-8-17(21)13(16)9-18(23)22-10-14(15(11-22)19(24)25)12-5-2-1-3-6-12/h1-8,14-15H,9-11H2,(H,24,25). The van der Waals surface area contributed by atoms with Crippen molar-refractivity contribution in [3.8, 4) is 0 Å². The second-order valence-corrected chi connectivity index (χ2v) is 6.14. The summed E-state index contributed by atoms with van der Waals surface area (Å²) in [6.45, 7) is 0.250. The summed E-state index contributed by atoms with van der Waals surface area (Å²) < 4.78 is 27.5. The Kier molecular flexibility index (Phi) is 4.79. The maximum Gasteiger partial charge on any atom is 0.308 e. The van der Waals surface area contributed by atoms with E-state index in [4.69, 9.17) is 0 Å². The van der Waals surface area contributed by atoms with Gasteiger partial charge >= 0.3 is 5.97 Å². The van der Waals surface area contributed by atoms with E-state index in [9.17, 15) is 23.5 Å². The van der Waals surface area contributed by atoms with Crippen molar-refractivity contribution in [2.75, 3.05) is 13.1 Å². The van der Waals surface area contributed by atoms with Crippen molar-refractivity contribution in [3.05, 3.63) is 71.3 Å². The molecule has 2 aromatic rings. The number of halogens is 2. The highest BCUT2D eigenvalue weighted by Crippen LogP contribution is 2.33. The minimum Gasteiger partial charge on any atom is -0.481 e. The van der Waals surface area contributed by atoms with Crippen LogP contribution in [0.2, 0.25) is 0 Å². The van der Waals surface area contributed by atoms with Crippen molar-refractivity contribution in [1.29, 1.82) is 0 Å². The maximum atomic E-state index is 13.7. The molecule has 1 amide bonds. The molecule has 130 valence electrons. The quantitative estimate of drug-likeness (QED) is 0.927. The van der Waals surface area contributed by atoms with Gasteiger partial charge in [-0.1, -0.05) is 36.4 Å². The molecule has 1 N–H and O–H groups in total. The Morgan fingerprint density at radius 2 is 1.64 bits per heavy atom. The predicted octanol–water partition coefficient (Wildman–Crippen LogP) is 2.83. The van der Waals surface area contributed by atoms with Crippen molar-refractivity contribution < 1.29 is 23.5 Å².